The van der Waals surface area contributed by atoms with Crippen molar-refractivity contribution in [2.24, 2.45) is 0 Å². The fourth-order valence-corrected chi connectivity index (χ4v) is 2.33. The molecule has 6 nitrogen and oxygen atoms in total. The summed E-state index contributed by atoms with van der Waals surface area (Å²) in [5, 5.41) is 6.09. The number of urea groups is 1. The highest BCUT2D eigenvalue weighted by Crippen LogP contribution is 2.32. The van der Waals surface area contributed by atoms with Crippen molar-refractivity contribution in [3.63, 3.8) is 0 Å². The number of hydrogen-bond acceptors (Lipinski definition) is 4. The lowest BCUT2D eigenvalue weighted by Crippen LogP contribution is -2.32. The van der Waals surface area contributed by atoms with E-state index in [0.717, 1.165) is 36.7 Å². The van der Waals surface area contributed by atoms with Gasteiger partial charge in [-0.1, -0.05) is 0 Å². The van der Waals surface area contributed by atoms with Gasteiger partial charge in [-0.05, 0) is 12.1 Å². The molecule has 1 aromatic rings. The molecule has 20 heavy (non-hydrogen) atoms. The molecule has 0 aromatic heterocycles. The molecule has 0 aliphatic carbocycles. The molecule has 0 radical (unpaired) electrons. The minimum absolute atomic E-state index is 0.0189. The Kier molecular flexibility index (Phi) is 3.80. The Labute approximate surface area is 118 Å². The van der Waals surface area contributed by atoms with Crippen LogP contribution >= 0.6 is 0 Å². The van der Waals surface area contributed by atoms with Crippen molar-refractivity contribution in [2.45, 2.75) is 6.42 Å². The topological polar surface area (TPSA) is 62.8 Å². The van der Waals surface area contributed by atoms with E-state index < -0.39 is 0 Å². The third-order valence-corrected chi connectivity index (χ3v) is 3.40. The molecule has 2 amide bonds. The van der Waals surface area contributed by atoms with Crippen LogP contribution in [0.1, 0.15) is 6.42 Å². The van der Waals surface area contributed by atoms with Crippen LogP contribution in [0.25, 0.3) is 0 Å². The second-order valence-electron chi connectivity index (χ2n) is 4.86. The highest BCUT2D eigenvalue weighted by Gasteiger charge is 2.18. The molecule has 108 valence electrons. The van der Waals surface area contributed by atoms with E-state index in [1.807, 2.05) is 18.2 Å². The van der Waals surface area contributed by atoms with Gasteiger partial charge >= 0.3 is 6.03 Å². The van der Waals surface area contributed by atoms with Crippen molar-refractivity contribution >= 4 is 11.7 Å². The number of fused-ring (bicyclic) bond motifs is 1. The minimum Gasteiger partial charge on any atom is -0.490 e. The Balaban J connectivity index is 1.55. The van der Waals surface area contributed by atoms with Crippen LogP contribution in [-0.2, 0) is 0 Å². The standard InChI is InChI=1S/C14H19N3O3/c18-14-16-5-7-17(14)6-4-15-11-2-3-12-13(10-11)20-9-1-8-19-12/h2-3,10,15H,1,4-9H2,(H,16,18). The first kappa shape index (κ1) is 12.9. The molecule has 0 spiro atoms. The summed E-state index contributed by atoms with van der Waals surface area (Å²) in [6.07, 6.45) is 0.904. The van der Waals surface area contributed by atoms with E-state index in [2.05, 4.69) is 10.6 Å². The van der Waals surface area contributed by atoms with Gasteiger partial charge in [0.25, 0.3) is 0 Å². The van der Waals surface area contributed by atoms with Gasteiger partial charge in [0, 0.05) is 44.4 Å². The van der Waals surface area contributed by atoms with Crippen molar-refractivity contribution in [3.05, 3.63) is 18.2 Å². The average molecular weight is 277 g/mol. The van der Waals surface area contributed by atoms with Gasteiger partial charge in [-0.15, -0.1) is 0 Å². The molecule has 3 rings (SSSR count). The predicted molar refractivity (Wildman–Crippen MR) is 75.5 cm³/mol. The Morgan fingerprint density at radius 1 is 1.25 bits per heavy atom. The maximum absolute atomic E-state index is 11.4. The van der Waals surface area contributed by atoms with Gasteiger partial charge < -0.3 is 25.0 Å². The Morgan fingerprint density at radius 3 is 2.90 bits per heavy atom. The molecule has 1 fully saturated rings. The molecule has 2 aliphatic heterocycles. The third kappa shape index (κ3) is 2.89. The molecular formula is C14H19N3O3. The fraction of sp³-hybridized carbons (Fsp3) is 0.500. The van der Waals surface area contributed by atoms with E-state index in [9.17, 15) is 4.79 Å². The summed E-state index contributed by atoms with van der Waals surface area (Å²) >= 11 is 0. The lowest BCUT2D eigenvalue weighted by Gasteiger charge is -2.15. The first-order valence-electron chi connectivity index (χ1n) is 6.99. The zero-order valence-corrected chi connectivity index (χ0v) is 11.4. The second kappa shape index (κ2) is 5.90. The smallest absolute Gasteiger partial charge is 0.317 e. The number of nitrogens with zero attached hydrogens (tertiary/aromatic N) is 1. The van der Waals surface area contributed by atoms with Crippen molar-refractivity contribution in [1.29, 1.82) is 0 Å². The van der Waals surface area contributed by atoms with E-state index >= 15 is 0 Å². The zero-order valence-electron chi connectivity index (χ0n) is 11.4. The van der Waals surface area contributed by atoms with Crippen LogP contribution in [0.3, 0.4) is 0 Å². The summed E-state index contributed by atoms with van der Waals surface area (Å²) < 4.78 is 11.2. The summed E-state index contributed by atoms with van der Waals surface area (Å²) in [5.41, 5.74) is 0.980. The molecule has 2 heterocycles. The zero-order chi connectivity index (χ0) is 13.8. The first-order chi connectivity index (χ1) is 9.83. The maximum Gasteiger partial charge on any atom is 0.317 e. The van der Waals surface area contributed by atoms with Gasteiger partial charge in [0.15, 0.2) is 11.5 Å². The number of rotatable bonds is 4. The number of ether oxygens (including phenoxy) is 2. The highest BCUT2D eigenvalue weighted by molar-refractivity contribution is 5.76. The molecule has 0 unspecified atom stereocenters. The van der Waals surface area contributed by atoms with Gasteiger partial charge in [0.05, 0.1) is 13.2 Å². The molecular weight excluding hydrogens is 258 g/mol. The molecule has 1 aromatic carbocycles. The largest absolute Gasteiger partial charge is 0.490 e. The van der Waals surface area contributed by atoms with E-state index in [1.165, 1.54) is 0 Å². The van der Waals surface area contributed by atoms with Crippen LogP contribution in [0.5, 0.6) is 11.5 Å². The van der Waals surface area contributed by atoms with Crippen LogP contribution in [0.15, 0.2) is 18.2 Å². The predicted octanol–water partition coefficient (Wildman–Crippen LogP) is 1.28. The van der Waals surface area contributed by atoms with E-state index in [1.54, 1.807) is 4.90 Å². The number of anilines is 1. The number of amides is 2. The number of benzene rings is 1. The molecule has 2 N–H and O–H groups in total. The van der Waals surface area contributed by atoms with Crippen LogP contribution in [0, 0.1) is 0 Å². The van der Waals surface area contributed by atoms with Gasteiger partial charge in [0.1, 0.15) is 0 Å². The van der Waals surface area contributed by atoms with E-state index in [4.69, 9.17) is 9.47 Å². The van der Waals surface area contributed by atoms with Crippen molar-refractivity contribution < 1.29 is 14.3 Å². The summed E-state index contributed by atoms with van der Waals surface area (Å²) in [5.74, 6) is 1.58. The Morgan fingerprint density at radius 2 is 2.10 bits per heavy atom. The summed E-state index contributed by atoms with van der Waals surface area (Å²) in [6, 6.07) is 5.86. The number of carbonyl (C=O) groups is 1. The lowest BCUT2D eigenvalue weighted by atomic mass is 10.2. The number of nitrogens with one attached hydrogen (secondary N) is 2. The molecule has 6 heteroatoms. The summed E-state index contributed by atoms with van der Waals surface area (Å²) in [7, 11) is 0. The molecule has 2 aliphatic rings. The van der Waals surface area contributed by atoms with Crippen molar-refractivity contribution in [3.8, 4) is 11.5 Å². The maximum atomic E-state index is 11.4. The first-order valence-corrected chi connectivity index (χ1v) is 6.99. The molecule has 0 saturated carbocycles. The highest BCUT2D eigenvalue weighted by atomic mass is 16.5. The van der Waals surface area contributed by atoms with Gasteiger partial charge in [-0.3, -0.25) is 0 Å². The average Bonchev–Trinajstić information content (AvgIpc) is 2.73. The van der Waals surface area contributed by atoms with Gasteiger partial charge in [-0.2, -0.15) is 0 Å². The van der Waals surface area contributed by atoms with Crippen LogP contribution in [0.4, 0.5) is 10.5 Å². The van der Waals surface area contributed by atoms with Gasteiger partial charge in [-0.25, -0.2) is 4.79 Å². The monoisotopic (exact) mass is 277 g/mol. The lowest BCUT2D eigenvalue weighted by molar-refractivity contribution is 0.219. The summed E-state index contributed by atoms with van der Waals surface area (Å²) in [4.78, 5) is 13.2. The van der Waals surface area contributed by atoms with Crippen molar-refractivity contribution in [2.75, 3.05) is 44.7 Å². The van der Waals surface area contributed by atoms with Crippen molar-refractivity contribution in [1.82, 2.24) is 10.2 Å². The number of hydrogen-bond donors (Lipinski definition) is 2. The van der Waals surface area contributed by atoms with Crippen LogP contribution in [-0.4, -0.2) is 50.3 Å². The molecule has 1 saturated heterocycles. The van der Waals surface area contributed by atoms with E-state index in [0.29, 0.717) is 26.3 Å². The second-order valence-corrected chi connectivity index (χ2v) is 4.86. The summed E-state index contributed by atoms with van der Waals surface area (Å²) in [6.45, 7) is 4.31. The molecule has 0 atom stereocenters. The SMILES string of the molecule is O=C1NCCN1CCNc1ccc2c(c1)OCCCO2. The Bertz CT molecular complexity index is 493. The third-order valence-electron chi connectivity index (χ3n) is 3.40. The fourth-order valence-electron chi connectivity index (χ4n) is 2.33. The quantitative estimate of drug-likeness (QED) is 0.870. The van der Waals surface area contributed by atoms with Crippen LogP contribution in [0.2, 0.25) is 0 Å². The van der Waals surface area contributed by atoms with Gasteiger partial charge in [0.2, 0.25) is 0 Å². The van der Waals surface area contributed by atoms with E-state index in [-0.39, 0.29) is 6.03 Å². The Hall–Kier alpha value is -2.11. The normalized spacial score (nSPS) is 17.6. The number of carbonyl (C=O) groups excluding carboxylic acids is 1. The molecule has 0 bridgehead atoms. The minimum atomic E-state index is 0.0189. The van der Waals surface area contributed by atoms with Crippen LogP contribution < -0.4 is 20.1 Å².